The summed E-state index contributed by atoms with van der Waals surface area (Å²) in [4.78, 5) is 2.50. The first kappa shape index (κ1) is 37.3. The van der Waals surface area contributed by atoms with Gasteiger partial charge in [0.05, 0.1) is 5.41 Å². The van der Waals surface area contributed by atoms with Gasteiger partial charge in [-0.2, -0.15) is 0 Å². The lowest BCUT2D eigenvalue weighted by Gasteiger charge is -2.62. The Morgan fingerprint density at radius 2 is 1.02 bits per heavy atom. The third kappa shape index (κ3) is 5.22. The molecule has 2 saturated carbocycles. The van der Waals surface area contributed by atoms with Crippen molar-refractivity contribution >= 4 is 48.6 Å². The van der Waals surface area contributed by atoms with Gasteiger partial charge in [-0.1, -0.05) is 160 Å². The van der Waals surface area contributed by atoms with Gasteiger partial charge in [0, 0.05) is 42.6 Å². The van der Waals surface area contributed by atoms with Crippen molar-refractivity contribution in [2.75, 3.05) is 4.90 Å². The predicted molar refractivity (Wildman–Crippen MR) is 266 cm³/mol. The van der Waals surface area contributed by atoms with Crippen LogP contribution in [0.2, 0.25) is 0 Å². The second kappa shape index (κ2) is 14.1. The van der Waals surface area contributed by atoms with E-state index in [0.717, 1.165) is 17.5 Å². The Balaban J connectivity index is 1.04. The number of nitrogens with zero attached hydrogens (tertiary/aromatic N) is 1. The number of para-hydroxylation sites is 1. The van der Waals surface area contributed by atoms with Crippen LogP contribution in [-0.4, -0.2) is 0 Å². The summed E-state index contributed by atoms with van der Waals surface area (Å²) >= 11 is 1.89. The third-order valence-electron chi connectivity index (χ3n) is 16.2. The Kier molecular flexibility index (Phi) is 8.39. The summed E-state index contributed by atoms with van der Waals surface area (Å²) < 4.78 is 2.68. The maximum absolute atomic E-state index is 2.65. The van der Waals surface area contributed by atoms with Crippen molar-refractivity contribution in [2.45, 2.75) is 56.8 Å². The third-order valence-corrected chi connectivity index (χ3v) is 17.3. The number of hydrogen-bond donors (Lipinski definition) is 0. The second-order valence-corrected chi connectivity index (χ2v) is 20.3. The van der Waals surface area contributed by atoms with E-state index in [-0.39, 0.29) is 5.41 Å². The summed E-state index contributed by atoms with van der Waals surface area (Å²) in [7, 11) is 0. The minimum Gasteiger partial charge on any atom is -0.310 e. The molecule has 0 saturated heterocycles. The monoisotopic (exact) mass is 829 g/mol. The maximum Gasteiger partial charge on any atom is 0.0720 e. The maximum atomic E-state index is 2.65. The highest BCUT2D eigenvalue weighted by Gasteiger charge is 2.62. The van der Waals surface area contributed by atoms with Crippen LogP contribution in [0.3, 0.4) is 0 Å². The second-order valence-electron chi connectivity index (χ2n) is 19.2. The van der Waals surface area contributed by atoms with Gasteiger partial charge >= 0.3 is 0 Å². The fourth-order valence-corrected chi connectivity index (χ4v) is 14.9. The van der Waals surface area contributed by atoms with Crippen LogP contribution in [0.4, 0.5) is 17.1 Å². The van der Waals surface area contributed by atoms with E-state index in [2.05, 4.69) is 207 Å². The van der Waals surface area contributed by atoms with Crippen molar-refractivity contribution in [1.82, 2.24) is 0 Å². The zero-order chi connectivity index (χ0) is 41.9. The number of anilines is 3. The van der Waals surface area contributed by atoms with Crippen LogP contribution in [0.5, 0.6) is 0 Å². The van der Waals surface area contributed by atoms with E-state index in [4.69, 9.17) is 0 Å². The molecule has 1 nitrogen and oxygen atoms in total. The molecule has 2 spiro atoms. The lowest BCUT2D eigenvalue weighted by atomic mass is 9.41. The molecule has 9 aromatic rings. The van der Waals surface area contributed by atoms with Crippen molar-refractivity contribution in [3.63, 3.8) is 0 Å². The van der Waals surface area contributed by atoms with Crippen LogP contribution in [-0.2, 0) is 10.8 Å². The molecule has 63 heavy (non-hydrogen) atoms. The molecule has 1 heterocycles. The number of rotatable bonds is 5. The topological polar surface area (TPSA) is 3.24 Å². The van der Waals surface area contributed by atoms with E-state index in [1.54, 1.807) is 11.1 Å². The molecular formula is C61H51NS. The Morgan fingerprint density at radius 3 is 1.73 bits per heavy atom. The first-order chi connectivity index (χ1) is 31.1. The average molecular weight is 830 g/mol. The molecule has 8 aromatic carbocycles. The largest absolute Gasteiger partial charge is 0.310 e. The molecule has 2 bridgehead atoms. The average Bonchev–Trinajstić information content (AvgIpc) is 3.85. The predicted octanol–water partition coefficient (Wildman–Crippen LogP) is 16.6. The van der Waals surface area contributed by atoms with Gasteiger partial charge in [-0.25, -0.2) is 0 Å². The number of thiophene rings is 1. The molecule has 1 unspecified atom stereocenters. The molecule has 2 heteroatoms. The minimum absolute atomic E-state index is 0.0326. The molecule has 0 aliphatic heterocycles. The van der Waals surface area contributed by atoms with Crippen molar-refractivity contribution in [1.29, 1.82) is 0 Å². The van der Waals surface area contributed by atoms with E-state index in [1.807, 2.05) is 11.3 Å². The Hall–Kier alpha value is -6.22. The molecule has 0 N–H and O–H groups in total. The van der Waals surface area contributed by atoms with E-state index >= 15 is 0 Å². The van der Waals surface area contributed by atoms with Crippen LogP contribution in [0, 0.1) is 23.7 Å². The van der Waals surface area contributed by atoms with E-state index in [1.165, 1.54) is 108 Å². The van der Waals surface area contributed by atoms with Crippen LogP contribution in [0.15, 0.2) is 188 Å². The van der Waals surface area contributed by atoms with Gasteiger partial charge in [0.15, 0.2) is 0 Å². The lowest BCUT2D eigenvalue weighted by Crippen LogP contribution is -2.56. The molecule has 4 aliphatic rings. The van der Waals surface area contributed by atoms with E-state index < -0.39 is 5.41 Å². The summed E-state index contributed by atoms with van der Waals surface area (Å²) in [6.45, 7) is 4.97. The number of benzene rings is 8. The molecular weight excluding hydrogens is 779 g/mol. The Bertz CT molecular complexity index is 3170. The Labute approximate surface area is 375 Å². The van der Waals surface area contributed by atoms with Gasteiger partial charge in [-0.3, -0.25) is 0 Å². The fourth-order valence-electron chi connectivity index (χ4n) is 13.8. The van der Waals surface area contributed by atoms with Crippen LogP contribution < -0.4 is 4.90 Å². The minimum atomic E-state index is -0.445. The van der Waals surface area contributed by atoms with Crippen molar-refractivity contribution < 1.29 is 0 Å². The van der Waals surface area contributed by atoms with Gasteiger partial charge in [0.25, 0.3) is 0 Å². The first-order valence-electron chi connectivity index (χ1n) is 23.4. The molecule has 306 valence electrons. The smallest absolute Gasteiger partial charge is 0.0720 e. The highest BCUT2D eigenvalue weighted by Crippen LogP contribution is 2.69. The van der Waals surface area contributed by atoms with Crippen molar-refractivity contribution in [3.8, 4) is 22.3 Å². The van der Waals surface area contributed by atoms with Crippen molar-refractivity contribution in [3.05, 3.63) is 221 Å². The summed E-state index contributed by atoms with van der Waals surface area (Å²) in [5, 5.41) is 2.68. The van der Waals surface area contributed by atoms with Gasteiger partial charge in [-0.15, -0.1) is 11.3 Å². The number of fused-ring (bicyclic) bond motifs is 12. The van der Waals surface area contributed by atoms with Gasteiger partial charge in [0.2, 0.25) is 0 Å². The zero-order valence-electron chi connectivity index (χ0n) is 36.1. The molecule has 4 aliphatic carbocycles. The molecule has 1 aromatic heterocycles. The zero-order valence-corrected chi connectivity index (χ0v) is 36.9. The summed E-state index contributed by atoms with van der Waals surface area (Å²) in [6.07, 6.45) is 6.49. The number of hydrogen-bond acceptors (Lipinski definition) is 2. The van der Waals surface area contributed by atoms with Gasteiger partial charge in [-0.05, 0) is 154 Å². The summed E-state index contributed by atoms with van der Waals surface area (Å²) in [5.74, 6) is 2.74. The van der Waals surface area contributed by atoms with Crippen LogP contribution >= 0.6 is 11.3 Å². The Morgan fingerprint density at radius 1 is 0.460 bits per heavy atom. The SMILES string of the molecule is CC[C@@H]1C[C@H]2C[C@H](C)C[C@@H](C1)C21c2ccccc2C2(c3ccccc3-c3ccccc32)c2cc(N(c3ccccc3)c3ccc(-c4ccc5c(c4)sc4ccccc45)cc3)ccc21. The van der Waals surface area contributed by atoms with Gasteiger partial charge in [0.1, 0.15) is 0 Å². The highest BCUT2D eigenvalue weighted by atomic mass is 32.1. The summed E-state index contributed by atoms with van der Waals surface area (Å²) in [5.41, 5.74) is 17.2. The molecule has 0 radical (unpaired) electrons. The van der Waals surface area contributed by atoms with Gasteiger partial charge < -0.3 is 4.90 Å². The van der Waals surface area contributed by atoms with Crippen molar-refractivity contribution in [2.24, 2.45) is 23.7 Å². The van der Waals surface area contributed by atoms with E-state index in [0.29, 0.717) is 11.8 Å². The molecule has 0 amide bonds. The first-order valence-corrected chi connectivity index (χ1v) is 24.2. The molecule has 5 atom stereocenters. The van der Waals surface area contributed by atoms with E-state index in [9.17, 15) is 0 Å². The quantitative estimate of drug-likeness (QED) is 0.167. The molecule has 13 rings (SSSR count). The normalized spacial score (nSPS) is 22.4. The fraction of sp³-hybridized carbons (Fsp3) is 0.213. The summed E-state index contributed by atoms with van der Waals surface area (Å²) in [6, 6.07) is 72.3. The standard InChI is InChI=1S/C61H51NS/c1-3-40-35-43-33-39(2)34-44(36-40)60(43)54-22-12-13-23-55(54)61(52-20-10-7-17-48(52)49-18-8-11-21-53(49)61)57-38-47(30-32-56(57)60)62(45-15-5-4-6-16-45)46-28-25-41(26-29-46)42-27-31-51-50-19-9-14-24-58(50)63-59(51)37-42/h4-32,37-40,43-44H,3,33-36H2,1-2H3/t39-,40+,43+,44-,60?. The highest BCUT2D eigenvalue weighted by molar-refractivity contribution is 7.25. The lowest BCUT2D eigenvalue weighted by molar-refractivity contribution is 0.0180. The van der Waals surface area contributed by atoms with Crippen LogP contribution in [0.1, 0.15) is 79.3 Å². The molecule has 2 fully saturated rings. The van der Waals surface area contributed by atoms with Crippen LogP contribution in [0.25, 0.3) is 42.4 Å².